The molecule has 0 amide bonds. The van der Waals surface area contributed by atoms with E-state index in [9.17, 15) is 4.79 Å². The number of nitrogens with one attached hydrogen (secondary N) is 2. The highest BCUT2D eigenvalue weighted by Crippen LogP contribution is 2.37. The van der Waals surface area contributed by atoms with Crippen molar-refractivity contribution in [1.29, 1.82) is 0 Å². The number of esters is 1. The molecule has 2 aromatic rings. The van der Waals surface area contributed by atoms with Gasteiger partial charge in [-0.05, 0) is 81.1 Å². The standard InChI is InChI=1S/C21H25BrN2O2S2/c1-3-26-20(25)18-15-8-6-4-5-7-9-17(15)28-19(18)24-21(27)23-16-11-10-14(22)12-13(16)2/h10-12H,3-9H2,1-2H3,(H2,23,24,27). The Bertz CT molecular complexity index is 880. The lowest BCUT2D eigenvalue weighted by Crippen LogP contribution is -2.21. The van der Waals surface area contributed by atoms with E-state index in [1.165, 1.54) is 17.7 Å². The van der Waals surface area contributed by atoms with E-state index in [0.717, 1.165) is 52.0 Å². The Morgan fingerprint density at radius 3 is 2.68 bits per heavy atom. The maximum atomic E-state index is 12.7. The SMILES string of the molecule is CCOC(=O)c1c(NC(=S)Nc2ccc(Br)cc2C)sc2c1CCCCCC2. The lowest BCUT2D eigenvalue weighted by molar-refractivity contribution is 0.0526. The number of thiophene rings is 1. The van der Waals surface area contributed by atoms with Crippen molar-refractivity contribution in [3.05, 3.63) is 44.2 Å². The van der Waals surface area contributed by atoms with E-state index in [1.54, 1.807) is 11.3 Å². The van der Waals surface area contributed by atoms with Gasteiger partial charge in [0.15, 0.2) is 5.11 Å². The molecule has 3 rings (SSSR count). The summed E-state index contributed by atoms with van der Waals surface area (Å²) in [6.45, 7) is 4.23. The van der Waals surface area contributed by atoms with Crippen molar-refractivity contribution in [2.24, 2.45) is 0 Å². The van der Waals surface area contributed by atoms with Crippen LogP contribution in [0.25, 0.3) is 0 Å². The van der Waals surface area contributed by atoms with Crippen LogP contribution in [0.5, 0.6) is 0 Å². The molecule has 7 heteroatoms. The van der Waals surface area contributed by atoms with Crippen LogP contribution in [0.4, 0.5) is 10.7 Å². The number of aryl methyl sites for hydroxylation is 2. The van der Waals surface area contributed by atoms with Crippen molar-refractivity contribution in [3.63, 3.8) is 0 Å². The maximum absolute atomic E-state index is 12.7. The second-order valence-corrected chi connectivity index (χ2v) is 9.31. The summed E-state index contributed by atoms with van der Waals surface area (Å²) in [6, 6.07) is 5.98. The first-order chi connectivity index (χ1) is 13.5. The van der Waals surface area contributed by atoms with E-state index in [-0.39, 0.29) is 5.97 Å². The summed E-state index contributed by atoms with van der Waals surface area (Å²) in [6.07, 6.45) is 6.67. The van der Waals surface area contributed by atoms with Gasteiger partial charge in [-0.3, -0.25) is 0 Å². The van der Waals surface area contributed by atoms with Crippen LogP contribution < -0.4 is 10.6 Å². The maximum Gasteiger partial charge on any atom is 0.341 e. The monoisotopic (exact) mass is 480 g/mol. The van der Waals surface area contributed by atoms with Gasteiger partial charge in [0.1, 0.15) is 5.00 Å². The molecule has 2 N–H and O–H groups in total. The Balaban J connectivity index is 1.86. The fourth-order valence-electron chi connectivity index (χ4n) is 3.45. The number of fused-ring (bicyclic) bond motifs is 1. The number of rotatable bonds is 4. The predicted molar refractivity (Wildman–Crippen MR) is 125 cm³/mol. The van der Waals surface area contributed by atoms with Gasteiger partial charge in [0, 0.05) is 15.0 Å². The number of ether oxygens (including phenoxy) is 1. The topological polar surface area (TPSA) is 50.4 Å². The van der Waals surface area contributed by atoms with Gasteiger partial charge >= 0.3 is 5.97 Å². The largest absolute Gasteiger partial charge is 0.462 e. The Morgan fingerprint density at radius 1 is 1.21 bits per heavy atom. The van der Waals surface area contributed by atoms with Crippen molar-refractivity contribution in [1.82, 2.24) is 0 Å². The van der Waals surface area contributed by atoms with Crippen LogP contribution in [0, 0.1) is 6.92 Å². The first-order valence-corrected chi connectivity index (χ1v) is 11.7. The van der Waals surface area contributed by atoms with Crippen molar-refractivity contribution in [3.8, 4) is 0 Å². The van der Waals surface area contributed by atoms with E-state index in [1.807, 2.05) is 32.0 Å². The molecule has 1 aliphatic carbocycles. The Morgan fingerprint density at radius 2 is 1.96 bits per heavy atom. The van der Waals surface area contributed by atoms with Gasteiger partial charge in [-0.25, -0.2) is 4.79 Å². The molecule has 1 heterocycles. The fraction of sp³-hybridized carbons (Fsp3) is 0.429. The predicted octanol–water partition coefficient (Wildman–Crippen LogP) is 6.46. The second-order valence-electron chi connectivity index (χ2n) is 6.88. The molecule has 0 saturated heterocycles. The minimum Gasteiger partial charge on any atom is -0.462 e. The molecule has 0 unspecified atom stereocenters. The average molecular weight is 481 g/mol. The first kappa shape index (κ1) is 21.3. The van der Waals surface area contributed by atoms with Gasteiger partial charge in [-0.15, -0.1) is 11.3 Å². The molecular formula is C21H25BrN2O2S2. The van der Waals surface area contributed by atoms with Gasteiger partial charge < -0.3 is 15.4 Å². The first-order valence-electron chi connectivity index (χ1n) is 9.65. The van der Waals surface area contributed by atoms with Gasteiger partial charge in [-0.2, -0.15) is 0 Å². The van der Waals surface area contributed by atoms with Gasteiger partial charge in [0.25, 0.3) is 0 Å². The number of benzene rings is 1. The molecule has 1 aliphatic rings. The minimum atomic E-state index is -0.259. The summed E-state index contributed by atoms with van der Waals surface area (Å²) >= 11 is 10.6. The van der Waals surface area contributed by atoms with E-state index in [0.29, 0.717) is 17.3 Å². The Kier molecular flexibility index (Phi) is 7.48. The van der Waals surface area contributed by atoms with Crippen molar-refractivity contribution < 1.29 is 9.53 Å². The molecule has 0 atom stereocenters. The van der Waals surface area contributed by atoms with Crippen molar-refractivity contribution >= 4 is 61.3 Å². The molecule has 1 aromatic carbocycles. The van der Waals surface area contributed by atoms with Crippen LogP contribution in [0.2, 0.25) is 0 Å². The number of anilines is 2. The molecule has 28 heavy (non-hydrogen) atoms. The van der Waals surface area contributed by atoms with Gasteiger partial charge in [0.05, 0.1) is 12.2 Å². The molecule has 1 aromatic heterocycles. The molecule has 0 fully saturated rings. The third-order valence-corrected chi connectivity index (χ3v) is 6.72. The molecular weight excluding hydrogens is 456 g/mol. The summed E-state index contributed by atoms with van der Waals surface area (Å²) in [5, 5.41) is 7.77. The van der Waals surface area contributed by atoms with Gasteiger partial charge in [0.2, 0.25) is 0 Å². The Hall–Kier alpha value is -1.44. The summed E-state index contributed by atoms with van der Waals surface area (Å²) in [4.78, 5) is 14.0. The third kappa shape index (κ3) is 5.13. The fourth-order valence-corrected chi connectivity index (χ4v) is 5.48. The second kappa shape index (κ2) is 9.85. The smallest absolute Gasteiger partial charge is 0.341 e. The quantitative estimate of drug-likeness (QED) is 0.388. The lowest BCUT2D eigenvalue weighted by atomic mass is 9.96. The number of hydrogen-bond acceptors (Lipinski definition) is 4. The number of carbonyl (C=O) groups excluding carboxylic acids is 1. The van der Waals surface area contributed by atoms with Crippen LogP contribution in [-0.4, -0.2) is 17.7 Å². The molecule has 0 saturated carbocycles. The van der Waals surface area contributed by atoms with E-state index >= 15 is 0 Å². The van der Waals surface area contributed by atoms with Crippen LogP contribution in [0.3, 0.4) is 0 Å². The molecule has 0 aliphatic heterocycles. The minimum absolute atomic E-state index is 0.259. The zero-order chi connectivity index (χ0) is 20.1. The van der Waals surface area contributed by atoms with Crippen LogP contribution >= 0.6 is 39.5 Å². The van der Waals surface area contributed by atoms with E-state index < -0.39 is 0 Å². The molecule has 4 nitrogen and oxygen atoms in total. The normalized spacial score (nSPS) is 13.8. The summed E-state index contributed by atoms with van der Waals surface area (Å²) in [7, 11) is 0. The summed E-state index contributed by atoms with van der Waals surface area (Å²) in [5.74, 6) is -0.259. The van der Waals surface area contributed by atoms with E-state index in [4.69, 9.17) is 17.0 Å². The Labute approximate surface area is 184 Å². The number of thiocarbonyl (C=S) groups is 1. The molecule has 0 spiro atoms. The zero-order valence-electron chi connectivity index (χ0n) is 16.2. The lowest BCUT2D eigenvalue weighted by Gasteiger charge is -2.14. The highest BCUT2D eigenvalue weighted by molar-refractivity contribution is 9.10. The van der Waals surface area contributed by atoms with Crippen LogP contribution in [0.1, 0.15) is 59.0 Å². The number of halogens is 1. The number of carbonyl (C=O) groups is 1. The average Bonchev–Trinajstić information content (AvgIpc) is 2.94. The van der Waals surface area contributed by atoms with Crippen molar-refractivity contribution in [2.75, 3.05) is 17.2 Å². The third-order valence-electron chi connectivity index (χ3n) is 4.81. The highest BCUT2D eigenvalue weighted by Gasteiger charge is 2.25. The molecule has 0 radical (unpaired) electrons. The molecule has 0 bridgehead atoms. The zero-order valence-corrected chi connectivity index (χ0v) is 19.4. The van der Waals surface area contributed by atoms with E-state index in [2.05, 4.69) is 26.6 Å². The highest BCUT2D eigenvalue weighted by atomic mass is 79.9. The van der Waals surface area contributed by atoms with Crippen molar-refractivity contribution in [2.45, 2.75) is 52.4 Å². The van der Waals surface area contributed by atoms with Crippen LogP contribution in [-0.2, 0) is 17.6 Å². The van der Waals surface area contributed by atoms with Crippen LogP contribution in [0.15, 0.2) is 22.7 Å². The summed E-state index contributed by atoms with van der Waals surface area (Å²) in [5.41, 5.74) is 3.84. The summed E-state index contributed by atoms with van der Waals surface area (Å²) < 4.78 is 6.38. The van der Waals surface area contributed by atoms with Gasteiger partial charge in [-0.1, -0.05) is 28.8 Å². The number of hydrogen-bond donors (Lipinski definition) is 2. The molecule has 150 valence electrons.